The number of nitrogens with zero attached hydrogens (tertiary/aromatic N) is 3. The average Bonchev–Trinajstić information content (AvgIpc) is 2.87. The van der Waals surface area contributed by atoms with Crippen molar-refractivity contribution in [2.45, 2.75) is 76.8 Å². The van der Waals surface area contributed by atoms with Crippen LogP contribution in [-0.4, -0.2) is 64.5 Å². The highest BCUT2D eigenvalue weighted by Gasteiger charge is 2.54. The molecule has 7 heteroatoms. The maximum Gasteiger partial charge on any atom is 0.332 e. The molecule has 2 heterocycles. The summed E-state index contributed by atoms with van der Waals surface area (Å²) in [4.78, 5) is 43.3. The molecule has 1 aliphatic carbocycles. The van der Waals surface area contributed by atoms with Gasteiger partial charge in [-0.1, -0.05) is 6.07 Å². The van der Waals surface area contributed by atoms with E-state index in [1.807, 2.05) is 19.9 Å². The van der Waals surface area contributed by atoms with E-state index in [2.05, 4.69) is 24.1 Å². The number of carboxylic acid groups (broad SMARTS) is 1. The van der Waals surface area contributed by atoms with Crippen molar-refractivity contribution in [3.05, 3.63) is 29.3 Å². The first-order chi connectivity index (χ1) is 15.2. The van der Waals surface area contributed by atoms with E-state index >= 15 is 0 Å². The quantitative estimate of drug-likeness (QED) is 0.705. The van der Waals surface area contributed by atoms with Crippen LogP contribution in [-0.2, 0) is 22.4 Å². The number of aliphatic carboxylic acids is 1. The van der Waals surface area contributed by atoms with Crippen LogP contribution in [0.3, 0.4) is 0 Å². The Morgan fingerprint density at radius 3 is 2.38 bits per heavy atom. The largest absolute Gasteiger partial charge is 0.481 e. The summed E-state index contributed by atoms with van der Waals surface area (Å²) >= 11 is 0. The molecular weight excluding hydrogens is 406 g/mol. The second-order valence-electron chi connectivity index (χ2n) is 10.2. The maximum atomic E-state index is 13.6. The van der Waals surface area contributed by atoms with Crippen molar-refractivity contribution in [2.75, 3.05) is 25.0 Å². The van der Waals surface area contributed by atoms with Crippen molar-refractivity contribution >= 4 is 23.6 Å². The number of carbonyl (C=O) groups is 3. The zero-order chi connectivity index (χ0) is 23.0. The smallest absolute Gasteiger partial charge is 0.332 e. The molecule has 7 nitrogen and oxygen atoms in total. The van der Waals surface area contributed by atoms with Crippen molar-refractivity contribution in [3.63, 3.8) is 0 Å². The zero-order valence-corrected chi connectivity index (χ0v) is 19.5. The summed E-state index contributed by atoms with van der Waals surface area (Å²) in [6.45, 7) is 5.70. The number of hydrogen-bond acceptors (Lipinski definition) is 4. The van der Waals surface area contributed by atoms with Crippen molar-refractivity contribution in [1.82, 2.24) is 9.80 Å². The van der Waals surface area contributed by atoms with Gasteiger partial charge in [0.2, 0.25) is 0 Å². The van der Waals surface area contributed by atoms with Crippen molar-refractivity contribution < 1.29 is 19.5 Å². The second-order valence-corrected chi connectivity index (χ2v) is 10.2. The molecule has 1 N–H and O–H groups in total. The molecule has 1 saturated carbocycles. The van der Waals surface area contributed by atoms with E-state index in [0.29, 0.717) is 12.3 Å². The molecule has 1 saturated heterocycles. The lowest BCUT2D eigenvalue weighted by Gasteiger charge is -2.33. The van der Waals surface area contributed by atoms with Gasteiger partial charge < -0.3 is 10.0 Å². The van der Waals surface area contributed by atoms with Gasteiger partial charge in [-0.05, 0) is 95.0 Å². The fourth-order valence-electron chi connectivity index (χ4n) is 5.56. The summed E-state index contributed by atoms with van der Waals surface area (Å²) in [6.07, 6.45) is 6.03. The highest BCUT2D eigenvalue weighted by Crippen LogP contribution is 2.39. The highest BCUT2D eigenvalue weighted by molar-refractivity contribution is 6.16. The summed E-state index contributed by atoms with van der Waals surface area (Å²) < 4.78 is 0. The topological polar surface area (TPSA) is 81.2 Å². The number of amides is 3. The van der Waals surface area contributed by atoms with Crippen molar-refractivity contribution in [2.24, 2.45) is 5.92 Å². The molecule has 1 aromatic carbocycles. The monoisotopic (exact) mass is 441 g/mol. The van der Waals surface area contributed by atoms with Gasteiger partial charge in [-0.3, -0.25) is 19.4 Å². The van der Waals surface area contributed by atoms with Gasteiger partial charge in [-0.2, -0.15) is 0 Å². The summed E-state index contributed by atoms with van der Waals surface area (Å²) in [5.41, 5.74) is 2.47. The molecule has 0 radical (unpaired) electrons. The fraction of sp³-hybridized carbons (Fsp3) is 0.640. The van der Waals surface area contributed by atoms with Crippen LogP contribution in [0.25, 0.3) is 0 Å². The van der Waals surface area contributed by atoms with Crippen LogP contribution >= 0.6 is 0 Å². The zero-order valence-electron chi connectivity index (χ0n) is 19.5. The van der Waals surface area contributed by atoms with Gasteiger partial charge in [0.25, 0.3) is 5.91 Å². The molecule has 174 valence electrons. The highest BCUT2D eigenvalue weighted by atomic mass is 16.4. The number of fused-ring (bicyclic) bond motifs is 1. The van der Waals surface area contributed by atoms with E-state index in [1.165, 1.54) is 16.0 Å². The SMILES string of the molecule is CN1CCc2ccc(N3C(=O)N([C@H]4CC[C@H](CCC(=O)O)CC4)C(=O)C3(C)C)cc2CC1. The number of hydrogen-bond donors (Lipinski definition) is 1. The Labute approximate surface area is 190 Å². The lowest BCUT2D eigenvalue weighted by molar-refractivity contribution is -0.137. The van der Waals surface area contributed by atoms with E-state index in [9.17, 15) is 14.4 Å². The third-order valence-corrected chi connectivity index (χ3v) is 7.62. The van der Waals surface area contributed by atoms with Crippen LogP contribution in [0.5, 0.6) is 0 Å². The normalized spacial score (nSPS) is 26.2. The Balaban J connectivity index is 1.52. The minimum atomic E-state index is -0.924. The van der Waals surface area contributed by atoms with Crippen molar-refractivity contribution in [1.29, 1.82) is 0 Å². The van der Waals surface area contributed by atoms with Gasteiger partial charge in [0.15, 0.2) is 0 Å². The number of benzene rings is 1. The lowest BCUT2D eigenvalue weighted by Crippen LogP contribution is -2.45. The third-order valence-electron chi connectivity index (χ3n) is 7.62. The molecule has 3 amide bonds. The molecule has 0 spiro atoms. The average molecular weight is 442 g/mol. The van der Waals surface area contributed by atoms with Crippen LogP contribution in [0.4, 0.5) is 10.5 Å². The standard InChI is InChI=1S/C25H35N3O4/c1-25(2)23(31)27(20-8-4-17(5-9-20)6-11-22(29)30)24(32)28(25)21-10-7-18-12-14-26(3)15-13-19(18)16-21/h7,10,16-17,20H,4-6,8-9,11-15H2,1-3H3,(H,29,30)/t17-,20-. The maximum absolute atomic E-state index is 13.6. The van der Waals surface area contributed by atoms with Gasteiger partial charge in [0.05, 0.1) is 0 Å². The molecule has 0 unspecified atom stereocenters. The summed E-state index contributed by atoms with van der Waals surface area (Å²) in [6, 6.07) is 5.89. The van der Waals surface area contributed by atoms with Crippen LogP contribution in [0.1, 0.15) is 63.5 Å². The minimum Gasteiger partial charge on any atom is -0.481 e. The molecule has 1 aromatic rings. The van der Waals surface area contributed by atoms with E-state index in [-0.39, 0.29) is 24.4 Å². The molecule has 0 aromatic heterocycles. The number of urea groups is 1. The first-order valence-electron chi connectivity index (χ1n) is 11.9. The predicted octanol–water partition coefficient (Wildman–Crippen LogP) is 3.69. The Morgan fingerprint density at radius 2 is 1.72 bits per heavy atom. The van der Waals surface area contributed by atoms with Crippen LogP contribution in [0, 0.1) is 5.92 Å². The van der Waals surface area contributed by atoms with Gasteiger partial charge in [-0.25, -0.2) is 4.79 Å². The van der Waals surface area contributed by atoms with Gasteiger partial charge in [0.1, 0.15) is 5.54 Å². The molecular formula is C25H35N3O4. The van der Waals surface area contributed by atoms with E-state index in [1.54, 1.807) is 4.90 Å². The fourth-order valence-corrected chi connectivity index (χ4v) is 5.56. The van der Waals surface area contributed by atoms with Gasteiger partial charge in [0, 0.05) is 31.2 Å². The van der Waals surface area contributed by atoms with E-state index in [0.717, 1.165) is 57.3 Å². The molecule has 0 atom stereocenters. The van der Waals surface area contributed by atoms with Crippen LogP contribution in [0.2, 0.25) is 0 Å². The van der Waals surface area contributed by atoms with Gasteiger partial charge in [-0.15, -0.1) is 0 Å². The van der Waals surface area contributed by atoms with E-state index < -0.39 is 11.5 Å². The molecule has 32 heavy (non-hydrogen) atoms. The molecule has 4 rings (SSSR count). The van der Waals surface area contributed by atoms with Crippen LogP contribution < -0.4 is 4.90 Å². The summed E-state index contributed by atoms with van der Waals surface area (Å²) in [5.74, 6) is -0.532. The second kappa shape index (κ2) is 8.85. The predicted molar refractivity (Wildman–Crippen MR) is 123 cm³/mol. The number of imide groups is 1. The van der Waals surface area contributed by atoms with Crippen molar-refractivity contribution in [3.8, 4) is 0 Å². The number of likely N-dealkylation sites (N-methyl/N-ethyl adjacent to an activating group) is 1. The number of anilines is 1. The Hall–Kier alpha value is -2.41. The van der Waals surface area contributed by atoms with Crippen LogP contribution in [0.15, 0.2) is 18.2 Å². The Kier molecular flexibility index (Phi) is 6.30. The Bertz CT molecular complexity index is 904. The number of carbonyl (C=O) groups excluding carboxylic acids is 2. The molecule has 0 bridgehead atoms. The summed E-state index contributed by atoms with van der Waals surface area (Å²) in [7, 11) is 2.13. The summed E-state index contributed by atoms with van der Waals surface area (Å²) in [5, 5.41) is 8.93. The van der Waals surface area contributed by atoms with E-state index in [4.69, 9.17) is 5.11 Å². The first kappa shape index (κ1) is 22.8. The molecule has 2 aliphatic heterocycles. The number of carboxylic acids is 1. The molecule has 3 aliphatic rings. The first-order valence-corrected chi connectivity index (χ1v) is 11.9. The minimum absolute atomic E-state index is 0.102. The molecule has 2 fully saturated rings. The lowest BCUT2D eigenvalue weighted by atomic mass is 9.82. The van der Waals surface area contributed by atoms with Gasteiger partial charge >= 0.3 is 12.0 Å². The Morgan fingerprint density at radius 1 is 1.06 bits per heavy atom. The number of rotatable bonds is 5. The third kappa shape index (κ3) is 4.27.